The zero-order chi connectivity index (χ0) is 14.2. The number of rotatable bonds is 3. The molecule has 100 valence electrons. The molecule has 0 saturated heterocycles. The molecule has 0 atom stereocenters. The zero-order valence-corrected chi connectivity index (χ0v) is 11.6. The van der Waals surface area contributed by atoms with E-state index in [-0.39, 0.29) is 0 Å². The highest BCUT2D eigenvalue weighted by Gasteiger charge is 2.10. The normalized spacial score (nSPS) is 11.2. The van der Waals surface area contributed by atoms with Crippen LogP contribution in [0.4, 0.5) is 0 Å². The third kappa shape index (κ3) is 1.80. The lowest BCUT2D eigenvalue weighted by Gasteiger charge is -2.14. The highest BCUT2D eigenvalue weighted by molar-refractivity contribution is 6.24. The highest BCUT2D eigenvalue weighted by atomic mass is 16.5. The van der Waals surface area contributed by atoms with Crippen molar-refractivity contribution in [2.45, 2.75) is 6.42 Å². The van der Waals surface area contributed by atoms with E-state index in [2.05, 4.69) is 54.5 Å². The minimum atomic E-state index is 0.556. The van der Waals surface area contributed by atoms with Gasteiger partial charge in [-0.3, -0.25) is 0 Å². The van der Waals surface area contributed by atoms with Gasteiger partial charge in [0, 0.05) is 17.2 Å². The van der Waals surface area contributed by atoms with Crippen LogP contribution in [0.3, 0.4) is 0 Å². The van der Waals surface area contributed by atoms with Gasteiger partial charge in [0.25, 0.3) is 0 Å². The van der Waals surface area contributed by atoms with Crippen LogP contribution in [0, 0.1) is 12.3 Å². The Bertz CT molecular complexity index is 960. The quantitative estimate of drug-likeness (QED) is 0.289. The lowest BCUT2D eigenvalue weighted by atomic mass is 9.94. The second-order valence-electron chi connectivity index (χ2n) is 5.22. The van der Waals surface area contributed by atoms with Gasteiger partial charge >= 0.3 is 0 Å². The number of ether oxygens (including phenoxy) is 1. The predicted octanol–water partition coefficient (Wildman–Crippen LogP) is 4.99. The maximum Gasteiger partial charge on any atom is 0.127 e. The Hall–Kier alpha value is -2.72. The lowest BCUT2D eigenvalue weighted by Crippen LogP contribution is -1.97. The SMILES string of the molecule is C#CCCOc1ccc2ccc3cccc4ccc1c2c34. The van der Waals surface area contributed by atoms with Crippen molar-refractivity contribution in [1.29, 1.82) is 0 Å². The summed E-state index contributed by atoms with van der Waals surface area (Å²) >= 11 is 0. The maximum absolute atomic E-state index is 5.86. The Morgan fingerprint density at radius 2 is 1.48 bits per heavy atom. The Kier molecular flexibility index (Phi) is 2.69. The van der Waals surface area contributed by atoms with Gasteiger partial charge in [0.15, 0.2) is 0 Å². The summed E-state index contributed by atoms with van der Waals surface area (Å²) in [5, 5.41) is 7.55. The van der Waals surface area contributed by atoms with Crippen LogP contribution in [-0.2, 0) is 0 Å². The molecule has 0 saturated carbocycles. The van der Waals surface area contributed by atoms with Gasteiger partial charge < -0.3 is 4.74 Å². The minimum Gasteiger partial charge on any atom is -0.492 e. The zero-order valence-electron chi connectivity index (χ0n) is 11.6. The van der Waals surface area contributed by atoms with Crippen LogP contribution < -0.4 is 4.74 Å². The van der Waals surface area contributed by atoms with Gasteiger partial charge in [-0.15, -0.1) is 12.3 Å². The molecule has 0 fully saturated rings. The van der Waals surface area contributed by atoms with Crippen LogP contribution in [-0.4, -0.2) is 6.61 Å². The first kappa shape index (κ1) is 12.1. The molecule has 0 heterocycles. The third-order valence-electron chi connectivity index (χ3n) is 3.99. The van der Waals surface area contributed by atoms with Crippen LogP contribution in [0.2, 0.25) is 0 Å². The van der Waals surface area contributed by atoms with E-state index in [0.29, 0.717) is 13.0 Å². The van der Waals surface area contributed by atoms with Crippen LogP contribution in [0.1, 0.15) is 6.42 Å². The number of terminal acetylenes is 1. The second-order valence-corrected chi connectivity index (χ2v) is 5.22. The molecule has 0 aromatic heterocycles. The summed E-state index contributed by atoms with van der Waals surface area (Å²) in [6.07, 6.45) is 5.92. The minimum absolute atomic E-state index is 0.556. The van der Waals surface area contributed by atoms with Gasteiger partial charge in [-0.05, 0) is 33.7 Å². The van der Waals surface area contributed by atoms with Crippen molar-refractivity contribution < 1.29 is 4.74 Å². The molecule has 0 aliphatic carbocycles. The molecule has 21 heavy (non-hydrogen) atoms. The molecule has 4 rings (SSSR count). The molecule has 0 spiro atoms. The van der Waals surface area contributed by atoms with Gasteiger partial charge in [0.2, 0.25) is 0 Å². The van der Waals surface area contributed by atoms with Crippen molar-refractivity contribution >= 4 is 32.3 Å². The van der Waals surface area contributed by atoms with E-state index in [0.717, 1.165) is 11.1 Å². The lowest BCUT2D eigenvalue weighted by molar-refractivity contribution is 0.331. The van der Waals surface area contributed by atoms with E-state index in [1.54, 1.807) is 0 Å². The van der Waals surface area contributed by atoms with E-state index in [1.165, 1.54) is 26.9 Å². The monoisotopic (exact) mass is 270 g/mol. The first-order valence-corrected chi connectivity index (χ1v) is 7.11. The molecule has 0 amide bonds. The van der Waals surface area contributed by atoms with E-state index in [9.17, 15) is 0 Å². The Morgan fingerprint density at radius 3 is 2.24 bits per heavy atom. The van der Waals surface area contributed by atoms with E-state index >= 15 is 0 Å². The van der Waals surface area contributed by atoms with Crippen LogP contribution in [0.25, 0.3) is 32.3 Å². The summed E-state index contributed by atoms with van der Waals surface area (Å²) in [4.78, 5) is 0. The van der Waals surface area contributed by atoms with E-state index in [4.69, 9.17) is 11.2 Å². The predicted molar refractivity (Wildman–Crippen MR) is 89.1 cm³/mol. The van der Waals surface area contributed by atoms with Crippen molar-refractivity contribution in [3.8, 4) is 18.1 Å². The fraction of sp³-hybridized carbons (Fsp3) is 0.100. The van der Waals surface area contributed by atoms with Crippen molar-refractivity contribution in [2.75, 3.05) is 6.61 Å². The molecule has 0 radical (unpaired) electrons. The van der Waals surface area contributed by atoms with Gasteiger partial charge in [0.1, 0.15) is 5.75 Å². The van der Waals surface area contributed by atoms with Crippen molar-refractivity contribution in [2.24, 2.45) is 0 Å². The fourth-order valence-electron chi connectivity index (χ4n) is 3.05. The van der Waals surface area contributed by atoms with Crippen molar-refractivity contribution in [3.05, 3.63) is 54.6 Å². The molecular weight excluding hydrogens is 256 g/mol. The van der Waals surface area contributed by atoms with Gasteiger partial charge in [-0.25, -0.2) is 0 Å². The smallest absolute Gasteiger partial charge is 0.127 e. The molecular formula is C20H14O. The second kappa shape index (κ2) is 4.68. The summed E-state index contributed by atoms with van der Waals surface area (Å²) in [6.45, 7) is 0.556. The Labute approximate surface area is 123 Å². The number of benzene rings is 4. The number of hydrogen-bond acceptors (Lipinski definition) is 1. The number of hydrogen-bond donors (Lipinski definition) is 0. The average Bonchev–Trinajstić information content (AvgIpc) is 2.54. The molecule has 0 unspecified atom stereocenters. The Balaban J connectivity index is 2.04. The highest BCUT2D eigenvalue weighted by Crippen LogP contribution is 2.38. The molecule has 0 aliphatic heterocycles. The molecule has 1 heteroatoms. The van der Waals surface area contributed by atoms with Crippen molar-refractivity contribution in [3.63, 3.8) is 0 Å². The standard InChI is InChI=1S/C20H14O/c1-2-3-13-21-18-12-10-16-8-7-14-5-4-6-15-9-11-17(18)20(16)19(14)15/h1,4-12H,3,13H2. The summed E-state index contributed by atoms with van der Waals surface area (Å²) < 4.78 is 5.86. The fourth-order valence-corrected chi connectivity index (χ4v) is 3.05. The van der Waals surface area contributed by atoms with Crippen LogP contribution in [0.5, 0.6) is 5.75 Å². The molecule has 0 aliphatic rings. The van der Waals surface area contributed by atoms with Gasteiger partial charge in [-0.1, -0.05) is 42.5 Å². The molecule has 0 bridgehead atoms. The Morgan fingerprint density at radius 1 is 0.810 bits per heavy atom. The van der Waals surface area contributed by atoms with Crippen molar-refractivity contribution in [1.82, 2.24) is 0 Å². The van der Waals surface area contributed by atoms with Gasteiger partial charge in [0.05, 0.1) is 6.61 Å². The van der Waals surface area contributed by atoms with E-state index in [1.807, 2.05) is 6.07 Å². The van der Waals surface area contributed by atoms with Crippen LogP contribution in [0.15, 0.2) is 54.6 Å². The maximum atomic E-state index is 5.86. The molecule has 1 nitrogen and oxygen atoms in total. The first-order valence-electron chi connectivity index (χ1n) is 7.11. The summed E-state index contributed by atoms with van der Waals surface area (Å²) in [5.41, 5.74) is 0. The summed E-state index contributed by atoms with van der Waals surface area (Å²) in [6, 6.07) is 19.3. The summed E-state index contributed by atoms with van der Waals surface area (Å²) in [7, 11) is 0. The molecule has 0 N–H and O–H groups in total. The topological polar surface area (TPSA) is 9.23 Å². The first-order chi connectivity index (χ1) is 10.4. The third-order valence-corrected chi connectivity index (χ3v) is 3.99. The molecule has 4 aromatic rings. The van der Waals surface area contributed by atoms with E-state index < -0.39 is 0 Å². The average molecular weight is 270 g/mol. The van der Waals surface area contributed by atoms with Gasteiger partial charge in [-0.2, -0.15) is 0 Å². The molecule has 4 aromatic carbocycles. The largest absolute Gasteiger partial charge is 0.492 e. The summed E-state index contributed by atoms with van der Waals surface area (Å²) in [5.74, 6) is 3.52. The van der Waals surface area contributed by atoms with Crippen LogP contribution >= 0.6 is 0 Å².